The summed E-state index contributed by atoms with van der Waals surface area (Å²) in [6, 6.07) is 12.5. The molecule has 14 nitrogen and oxygen atoms in total. The monoisotopic (exact) mass is 798 g/mol. The molecule has 0 N–H and O–H groups in total. The Balaban J connectivity index is 0.890. The molecule has 14 heteroatoms. The SMILES string of the molecule is COc1cc(C=CC(=O)N2CCN(C(=O)c3cc(OC)c(OC)c(OC)c3)CC2)ccc1OCCCCCCCOc1cc2c(cc1OC)C(=O)N1CCC[C@H]1C=N2. The molecule has 3 amide bonds. The van der Waals surface area contributed by atoms with Crippen LogP contribution in [0.15, 0.2) is 53.5 Å². The Bertz CT molecular complexity index is 1970. The van der Waals surface area contributed by atoms with Crippen molar-refractivity contribution in [2.24, 2.45) is 4.99 Å². The van der Waals surface area contributed by atoms with Crippen LogP contribution in [0.25, 0.3) is 6.08 Å². The number of fused-ring (bicyclic) bond motifs is 2. The third-order valence-electron chi connectivity index (χ3n) is 10.7. The first-order valence-corrected chi connectivity index (χ1v) is 19.9. The standard InChI is InChI=1S/C44H54N4O10/c1-52-36-24-30(14-16-41(49)46-18-20-47(21-19-46)43(50)31-25-39(54-3)42(56-5)40(26-31)55-4)13-15-35(36)57-22-9-7-6-8-10-23-58-38-28-34-33(27-37(38)53-2)44(51)48-17-11-12-32(48)29-45-34/h13-16,24-29,32H,6-12,17-23H2,1-5H3/t32-/m0/s1. The van der Waals surface area contributed by atoms with Crippen molar-refractivity contribution in [3.05, 3.63) is 65.2 Å². The van der Waals surface area contributed by atoms with Gasteiger partial charge in [0.15, 0.2) is 34.5 Å². The fourth-order valence-corrected chi connectivity index (χ4v) is 7.42. The zero-order chi connectivity index (χ0) is 41.0. The molecule has 2 fully saturated rings. The van der Waals surface area contributed by atoms with E-state index in [0.29, 0.717) is 96.5 Å². The Kier molecular flexibility index (Phi) is 14.4. The molecular formula is C44H54N4O10. The van der Waals surface area contributed by atoms with Crippen LogP contribution in [-0.4, -0.2) is 126 Å². The van der Waals surface area contributed by atoms with E-state index in [2.05, 4.69) is 4.99 Å². The van der Waals surface area contributed by atoms with Crippen LogP contribution in [0.1, 0.15) is 71.2 Å². The van der Waals surface area contributed by atoms with Gasteiger partial charge in [-0.05, 0) is 67.7 Å². The van der Waals surface area contributed by atoms with E-state index in [9.17, 15) is 14.4 Å². The van der Waals surface area contributed by atoms with Crippen molar-refractivity contribution in [1.82, 2.24) is 14.7 Å². The van der Waals surface area contributed by atoms with E-state index in [1.165, 1.54) is 21.3 Å². The molecule has 3 aliphatic heterocycles. The molecule has 0 unspecified atom stereocenters. The summed E-state index contributed by atoms with van der Waals surface area (Å²) in [5.41, 5.74) is 2.41. The molecule has 310 valence electrons. The summed E-state index contributed by atoms with van der Waals surface area (Å²) in [7, 11) is 7.71. The topological polar surface area (TPSA) is 138 Å². The van der Waals surface area contributed by atoms with E-state index in [4.69, 9.17) is 33.2 Å². The van der Waals surface area contributed by atoms with Gasteiger partial charge in [0.1, 0.15) is 0 Å². The predicted molar refractivity (Wildman–Crippen MR) is 220 cm³/mol. The molecular weight excluding hydrogens is 745 g/mol. The maximum Gasteiger partial charge on any atom is 0.256 e. The molecule has 3 aromatic carbocycles. The van der Waals surface area contributed by atoms with E-state index >= 15 is 0 Å². The minimum atomic E-state index is -0.172. The zero-order valence-corrected chi connectivity index (χ0v) is 34.1. The molecule has 0 spiro atoms. The van der Waals surface area contributed by atoms with Gasteiger partial charge in [-0.1, -0.05) is 25.3 Å². The van der Waals surface area contributed by atoms with Crippen molar-refractivity contribution in [1.29, 1.82) is 0 Å². The minimum Gasteiger partial charge on any atom is -0.493 e. The molecule has 6 rings (SSSR count). The van der Waals surface area contributed by atoms with Gasteiger partial charge in [-0.25, -0.2) is 0 Å². The van der Waals surface area contributed by atoms with E-state index in [1.807, 2.05) is 35.4 Å². The summed E-state index contributed by atoms with van der Waals surface area (Å²) in [4.78, 5) is 49.4. The van der Waals surface area contributed by atoms with Gasteiger partial charge in [0.2, 0.25) is 11.7 Å². The second-order valence-electron chi connectivity index (χ2n) is 14.2. The first kappa shape index (κ1) is 41.7. The highest BCUT2D eigenvalue weighted by Gasteiger charge is 2.33. The number of aliphatic imine (C=N–C) groups is 1. The van der Waals surface area contributed by atoms with Crippen LogP contribution >= 0.6 is 0 Å². The molecule has 0 radical (unpaired) electrons. The van der Waals surface area contributed by atoms with Crippen molar-refractivity contribution < 1.29 is 47.5 Å². The number of carbonyl (C=O) groups is 3. The summed E-state index contributed by atoms with van der Waals surface area (Å²) in [5, 5.41) is 0. The highest BCUT2D eigenvalue weighted by atomic mass is 16.5. The van der Waals surface area contributed by atoms with Gasteiger partial charge < -0.3 is 47.9 Å². The minimum absolute atomic E-state index is 0.00421. The number of nitrogens with zero attached hydrogens (tertiary/aromatic N) is 4. The van der Waals surface area contributed by atoms with Crippen LogP contribution in [-0.2, 0) is 4.79 Å². The smallest absolute Gasteiger partial charge is 0.256 e. The Morgan fingerprint density at radius 3 is 1.97 bits per heavy atom. The van der Waals surface area contributed by atoms with E-state index in [0.717, 1.165) is 57.1 Å². The average molecular weight is 799 g/mol. The molecule has 3 aliphatic rings. The van der Waals surface area contributed by atoms with Gasteiger partial charge in [0, 0.05) is 56.6 Å². The van der Waals surface area contributed by atoms with Crippen LogP contribution < -0.4 is 33.2 Å². The summed E-state index contributed by atoms with van der Waals surface area (Å²) in [6.45, 7) is 3.46. The molecule has 3 aromatic rings. The number of hydrogen-bond donors (Lipinski definition) is 0. The molecule has 1 atom stereocenters. The molecule has 2 saturated heterocycles. The number of carbonyl (C=O) groups excluding carboxylic acids is 3. The second-order valence-corrected chi connectivity index (χ2v) is 14.2. The Labute approximate surface area is 340 Å². The van der Waals surface area contributed by atoms with Crippen molar-refractivity contribution in [3.63, 3.8) is 0 Å². The number of hydrogen-bond acceptors (Lipinski definition) is 11. The lowest BCUT2D eigenvalue weighted by molar-refractivity contribution is -0.127. The predicted octanol–water partition coefficient (Wildman–Crippen LogP) is 6.46. The van der Waals surface area contributed by atoms with Crippen molar-refractivity contribution in [3.8, 4) is 40.2 Å². The number of benzene rings is 3. The Hall–Kier alpha value is -5.92. The molecule has 58 heavy (non-hydrogen) atoms. The van der Waals surface area contributed by atoms with Crippen LogP contribution in [0, 0.1) is 0 Å². The van der Waals surface area contributed by atoms with Crippen LogP contribution in [0.3, 0.4) is 0 Å². The summed E-state index contributed by atoms with van der Waals surface area (Å²) >= 11 is 0. The average Bonchev–Trinajstić information content (AvgIpc) is 3.70. The van der Waals surface area contributed by atoms with Gasteiger partial charge in [-0.15, -0.1) is 0 Å². The Morgan fingerprint density at radius 2 is 1.31 bits per heavy atom. The fraction of sp³-hybridized carbons (Fsp3) is 0.455. The van der Waals surface area contributed by atoms with Crippen molar-refractivity contribution >= 4 is 35.7 Å². The van der Waals surface area contributed by atoms with Crippen molar-refractivity contribution in [2.75, 3.05) is 81.5 Å². The molecule has 0 bridgehead atoms. The number of piperazine rings is 1. The highest BCUT2D eigenvalue weighted by molar-refractivity contribution is 6.03. The van der Waals surface area contributed by atoms with Gasteiger partial charge in [-0.2, -0.15) is 0 Å². The first-order valence-electron chi connectivity index (χ1n) is 19.9. The molecule has 0 aliphatic carbocycles. The lowest BCUT2D eigenvalue weighted by Crippen LogP contribution is -2.50. The maximum absolute atomic E-state index is 13.3. The van der Waals surface area contributed by atoms with Crippen LogP contribution in [0.2, 0.25) is 0 Å². The summed E-state index contributed by atoms with van der Waals surface area (Å²) in [5.74, 6) is 3.30. The highest BCUT2D eigenvalue weighted by Crippen LogP contribution is 2.40. The molecule has 0 aromatic heterocycles. The Morgan fingerprint density at radius 1 is 0.690 bits per heavy atom. The maximum atomic E-state index is 13.3. The summed E-state index contributed by atoms with van der Waals surface area (Å²) < 4.78 is 39.5. The molecule has 0 saturated carbocycles. The second kappa shape index (κ2) is 20.0. The quantitative estimate of drug-likeness (QED) is 0.104. The largest absolute Gasteiger partial charge is 0.493 e. The van der Waals surface area contributed by atoms with E-state index < -0.39 is 0 Å². The first-order chi connectivity index (χ1) is 28.3. The number of unbranched alkanes of at least 4 members (excludes halogenated alkanes) is 4. The third-order valence-corrected chi connectivity index (χ3v) is 10.7. The van der Waals surface area contributed by atoms with Crippen molar-refractivity contribution in [2.45, 2.75) is 51.0 Å². The van der Waals surface area contributed by atoms with Gasteiger partial charge in [-0.3, -0.25) is 19.4 Å². The number of rotatable bonds is 18. The lowest BCUT2D eigenvalue weighted by atomic mass is 10.1. The molecule has 3 heterocycles. The van der Waals surface area contributed by atoms with Gasteiger partial charge in [0.25, 0.3) is 11.8 Å². The van der Waals surface area contributed by atoms with E-state index in [1.54, 1.807) is 54.4 Å². The number of ether oxygens (including phenoxy) is 7. The van der Waals surface area contributed by atoms with E-state index in [-0.39, 0.29) is 23.8 Å². The van der Waals surface area contributed by atoms with Gasteiger partial charge in [0.05, 0.1) is 66.1 Å². The van der Waals surface area contributed by atoms with Gasteiger partial charge >= 0.3 is 0 Å². The number of amides is 3. The van der Waals surface area contributed by atoms with Crippen LogP contribution in [0.5, 0.6) is 40.2 Å². The fourth-order valence-electron chi connectivity index (χ4n) is 7.42. The zero-order valence-electron chi connectivity index (χ0n) is 34.1. The lowest BCUT2D eigenvalue weighted by Gasteiger charge is -2.34. The van der Waals surface area contributed by atoms with Crippen LogP contribution in [0.4, 0.5) is 5.69 Å². The third kappa shape index (κ3) is 9.78. The normalized spacial score (nSPS) is 16.1. The summed E-state index contributed by atoms with van der Waals surface area (Å²) in [6.07, 6.45) is 11.9. The number of methoxy groups -OCH3 is 5.